The molecule has 0 atom stereocenters. The molecule has 4 aliphatic heterocycles. The summed E-state index contributed by atoms with van der Waals surface area (Å²) in [6.45, 7) is 9.10. The molecule has 123 heavy (non-hydrogen) atoms. The lowest BCUT2D eigenvalue weighted by atomic mass is 9.96. The molecular formula is C91H88F8N8O16. The van der Waals surface area contributed by atoms with Crippen LogP contribution in [0.1, 0.15) is 122 Å². The van der Waals surface area contributed by atoms with Crippen molar-refractivity contribution in [3.63, 3.8) is 0 Å². The second-order valence-corrected chi connectivity index (χ2v) is 27.6. The summed E-state index contributed by atoms with van der Waals surface area (Å²) in [7, 11) is 5.29. The third-order valence-corrected chi connectivity index (χ3v) is 20.3. The summed E-state index contributed by atoms with van der Waals surface area (Å²) in [6, 6.07) is 39.8. The van der Waals surface area contributed by atoms with Crippen LogP contribution in [0.25, 0.3) is 22.3 Å². The normalized spacial score (nSPS) is 14.1. The predicted octanol–water partition coefficient (Wildman–Crippen LogP) is 17.3. The van der Waals surface area contributed by atoms with Crippen LogP contribution in [0.5, 0.6) is 0 Å². The van der Waals surface area contributed by atoms with Crippen molar-refractivity contribution < 1.29 is 112 Å². The third-order valence-electron chi connectivity index (χ3n) is 20.3. The molecule has 0 aliphatic carbocycles. The number of carbonyl (C=O) groups excluding carboxylic acids is 10. The second-order valence-electron chi connectivity index (χ2n) is 27.6. The van der Waals surface area contributed by atoms with Crippen LogP contribution in [0.4, 0.5) is 77.1 Å². The smallest absolute Gasteiger partial charge is 0.409 e. The number of halogens is 8. The maximum atomic E-state index is 13.9. The van der Waals surface area contributed by atoms with Crippen LogP contribution in [0.3, 0.4) is 0 Å². The number of nitrogens with zero attached hydrogens (tertiary/aromatic N) is 4. The molecule has 32 heteroatoms. The van der Waals surface area contributed by atoms with Crippen LogP contribution in [-0.2, 0) is 33.3 Å². The predicted molar refractivity (Wildman–Crippen MR) is 444 cm³/mol. The Balaban J connectivity index is 0.000000186. The van der Waals surface area contributed by atoms with Crippen molar-refractivity contribution in [2.75, 3.05) is 115 Å². The Morgan fingerprint density at radius 1 is 0.358 bits per heavy atom. The number of carbonyl (C=O) groups is 10. The quantitative estimate of drug-likeness (QED) is 0.0245. The van der Waals surface area contributed by atoms with Crippen LogP contribution in [-0.4, -0.2) is 179 Å². The molecule has 0 spiro atoms. The SMILES string of the molecule is C=CC1=C(c2ccc(NC(=O)c3c(F)cccc3F)cc2)CCN(C(=O)OC)CC1.CCOC(=O)C1=C(c2ccc(NC(=O)c3c(F)cccc3F)cc2)CCN(C(=O)OC)CC1.COC(=O)N1CCC(C=O)=C(c2ccc(NC(=O)c3c(F)cccc3F)cc2)CC1.COC(=O)N1CCC(CO)=C(c2ccc(NC(=O)c3c(F)cccc3F)cc2)CC1. The third kappa shape index (κ3) is 24.4. The van der Waals surface area contributed by atoms with Gasteiger partial charge in [0.1, 0.15) is 75.1 Å². The zero-order valence-corrected chi connectivity index (χ0v) is 67.6. The molecule has 0 saturated heterocycles. The van der Waals surface area contributed by atoms with Gasteiger partial charge in [0.25, 0.3) is 23.6 Å². The summed E-state index contributed by atoms with van der Waals surface area (Å²) in [6.07, 6.45) is 4.78. The maximum Gasteiger partial charge on any atom is 0.409 e. The van der Waals surface area contributed by atoms with Gasteiger partial charge < -0.3 is 69.7 Å². The second kappa shape index (κ2) is 44.8. The number of benzene rings is 8. The number of hydrogen-bond donors (Lipinski definition) is 5. The lowest BCUT2D eigenvalue weighted by molar-refractivity contribution is -0.138. The minimum atomic E-state index is -0.957. The standard InChI is InChI=1S/C24H24F2N2O5.C23H22F2N2O3.C22H22F2N2O4.C22H20F2N2O4/c1-3-33-23(30)18-12-14-28(24(31)32-2)13-11-17(18)15-7-9-16(10-8-15)27-22(29)21-19(25)5-4-6-20(21)26;1-3-15-11-13-27(23(29)30-2)14-12-18(15)16-7-9-17(10-8-16)26-22(28)21-19(24)5-4-6-20(21)25;2*1-30-22(29)26-11-9-15(13-27)17(10-12-26)14-5-7-16(8-6-14)25-21(28)20-18(23)3-2-4-19(20)24/h4-10H,3,11-14H2,1-2H3,(H,27,29);3-10H,1,11-14H2,2H3,(H,26,28);2-8,27H,9-13H2,1H3,(H,25,28);2-8,13H,9-12H2,1H3,(H,25,28). The Hall–Kier alpha value is -14.0. The van der Waals surface area contributed by atoms with Crippen LogP contribution < -0.4 is 21.3 Å². The highest BCUT2D eigenvalue weighted by molar-refractivity contribution is 6.07. The molecule has 8 aromatic rings. The van der Waals surface area contributed by atoms with Crippen molar-refractivity contribution in [3.05, 3.63) is 296 Å². The van der Waals surface area contributed by atoms with Gasteiger partial charge in [0.2, 0.25) is 0 Å². The molecule has 24 nitrogen and oxygen atoms in total. The van der Waals surface area contributed by atoms with Gasteiger partial charge in [-0.2, -0.15) is 0 Å². The summed E-state index contributed by atoms with van der Waals surface area (Å²) < 4.78 is 135. The number of hydrogen-bond acceptors (Lipinski definition) is 16. The first-order valence-corrected chi connectivity index (χ1v) is 38.7. The Bertz CT molecular complexity index is 5130. The number of anilines is 4. The van der Waals surface area contributed by atoms with E-state index in [0.29, 0.717) is 143 Å². The molecule has 0 saturated carbocycles. The number of methoxy groups -OCH3 is 4. The number of aliphatic hydroxyl groups excluding tert-OH is 1. The fourth-order valence-electron chi connectivity index (χ4n) is 13.9. The van der Waals surface area contributed by atoms with E-state index in [1.807, 2.05) is 12.1 Å². The monoisotopic (exact) mass is 1700 g/mol. The molecule has 0 bridgehead atoms. The lowest BCUT2D eigenvalue weighted by Crippen LogP contribution is -2.32. The number of amides is 8. The molecule has 0 unspecified atom stereocenters. The Morgan fingerprint density at radius 2 is 0.610 bits per heavy atom. The Kier molecular flexibility index (Phi) is 33.8. The fourth-order valence-corrected chi connectivity index (χ4v) is 13.9. The molecule has 0 fully saturated rings. The summed E-state index contributed by atoms with van der Waals surface area (Å²) in [5.41, 5.74) is 8.52. The fraction of sp³-hybridized carbons (Fsp3) is 0.253. The number of aliphatic hydroxyl groups is 1. The van der Waals surface area contributed by atoms with Crippen molar-refractivity contribution in [3.8, 4) is 0 Å². The molecule has 4 aliphatic rings. The van der Waals surface area contributed by atoms with E-state index in [2.05, 4.69) is 27.8 Å². The maximum absolute atomic E-state index is 13.9. The van der Waals surface area contributed by atoms with Crippen molar-refractivity contribution in [2.24, 2.45) is 0 Å². The lowest BCUT2D eigenvalue weighted by Gasteiger charge is -2.18. The first kappa shape index (κ1) is 92.8. The largest absolute Gasteiger partial charge is 0.463 e. The minimum absolute atomic E-state index is 0.130. The first-order chi connectivity index (χ1) is 59.2. The summed E-state index contributed by atoms with van der Waals surface area (Å²) in [4.78, 5) is 127. The molecule has 8 aromatic carbocycles. The highest BCUT2D eigenvalue weighted by atomic mass is 19.2. The number of aldehydes is 1. The van der Waals surface area contributed by atoms with Crippen molar-refractivity contribution in [1.82, 2.24) is 19.6 Å². The number of rotatable bonds is 17. The molecular weight excluding hydrogens is 1610 g/mol. The first-order valence-electron chi connectivity index (χ1n) is 38.7. The van der Waals surface area contributed by atoms with E-state index in [-0.39, 0.29) is 19.3 Å². The van der Waals surface area contributed by atoms with Gasteiger partial charge in [-0.15, -0.1) is 0 Å². The van der Waals surface area contributed by atoms with Gasteiger partial charge in [0.05, 0.1) is 41.7 Å². The van der Waals surface area contributed by atoms with Crippen LogP contribution in [0.15, 0.2) is 205 Å². The van der Waals surface area contributed by atoms with Crippen LogP contribution >= 0.6 is 0 Å². The summed E-state index contributed by atoms with van der Waals surface area (Å²) >= 11 is 0. The van der Waals surface area contributed by atoms with Gasteiger partial charge in [-0.3, -0.25) is 24.0 Å². The van der Waals surface area contributed by atoms with E-state index in [0.717, 1.165) is 105 Å². The average molecular weight is 1700 g/mol. The van der Waals surface area contributed by atoms with E-state index >= 15 is 0 Å². The molecule has 8 amide bonds. The molecule has 0 radical (unpaired) electrons. The molecule has 0 aromatic heterocycles. The number of nitrogens with one attached hydrogen (secondary N) is 4. The van der Waals surface area contributed by atoms with E-state index in [1.165, 1.54) is 62.5 Å². The van der Waals surface area contributed by atoms with E-state index in [4.69, 9.17) is 23.7 Å². The number of allylic oxidation sites excluding steroid dienone is 1. The Morgan fingerprint density at radius 3 is 0.894 bits per heavy atom. The molecule has 5 N–H and O–H groups in total. The molecule has 12 rings (SSSR count). The van der Waals surface area contributed by atoms with E-state index < -0.39 is 117 Å². The van der Waals surface area contributed by atoms with Gasteiger partial charge in [-0.25, -0.2) is 59.1 Å². The zero-order chi connectivity index (χ0) is 89.0. The topological polar surface area (TPSA) is 298 Å². The minimum Gasteiger partial charge on any atom is -0.463 e. The van der Waals surface area contributed by atoms with Crippen molar-refractivity contribution in [2.45, 2.75) is 58.3 Å². The van der Waals surface area contributed by atoms with E-state index in [9.17, 15) is 88.2 Å². The van der Waals surface area contributed by atoms with E-state index in [1.54, 1.807) is 108 Å². The number of ether oxygens (including phenoxy) is 5. The highest BCUT2D eigenvalue weighted by Gasteiger charge is 2.30. The highest BCUT2D eigenvalue weighted by Crippen LogP contribution is 2.35. The molecule has 4 heterocycles. The summed E-state index contributed by atoms with van der Waals surface area (Å²) in [5, 5.41) is 19.7. The van der Waals surface area contributed by atoms with Crippen LogP contribution in [0.2, 0.25) is 0 Å². The van der Waals surface area contributed by atoms with Crippen molar-refractivity contribution >= 4 is 105 Å². The number of esters is 1. The van der Waals surface area contributed by atoms with Gasteiger partial charge in [-0.05, 0) is 217 Å². The van der Waals surface area contributed by atoms with Crippen LogP contribution in [0, 0.1) is 46.5 Å². The van der Waals surface area contributed by atoms with Gasteiger partial charge in [0, 0.05) is 80.7 Å². The summed E-state index contributed by atoms with van der Waals surface area (Å²) in [5.74, 6) is -11.5. The average Bonchev–Trinajstić information content (AvgIpc) is 1.79. The van der Waals surface area contributed by atoms with Gasteiger partial charge in [0.15, 0.2) is 0 Å². The molecule has 644 valence electrons. The van der Waals surface area contributed by atoms with Crippen molar-refractivity contribution in [1.29, 1.82) is 0 Å². The zero-order valence-electron chi connectivity index (χ0n) is 67.6. The van der Waals surface area contributed by atoms with Gasteiger partial charge in [-0.1, -0.05) is 85.5 Å². The van der Waals surface area contributed by atoms with Gasteiger partial charge >= 0.3 is 30.3 Å². The Labute approximate surface area is 703 Å².